The Kier molecular flexibility index (Phi) is 4.15. The Morgan fingerprint density at radius 2 is 2.17 bits per heavy atom. The van der Waals surface area contributed by atoms with Crippen LogP contribution < -0.4 is 0 Å². The van der Waals surface area contributed by atoms with Crippen LogP contribution >= 0.6 is 11.8 Å². The van der Waals surface area contributed by atoms with Crippen LogP contribution in [0, 0.1) is 6.92 Å². The monoisotopic (exact) mass is 262 g/mol. The van der Waals surface area contributed by atoms with Crippen LogP contribution in [0.2, 0.25) is 0 Å². The van der Waals surface area contributed by atoms with Gasteiger partial charge in [0.2, 0.25) is 5.89 Å². The second-order valence-corrected chi connectivity index (χ2v) is 5.05. The summed E-state index contributed by atoms with van der Waals surface area (Å²) < 4.78 is 5.00. The van der Waals surface area contributed by atoms with Crippen LogP contribution in [-0.4, -0.2) is 15.9 Å². The third-order valence-electron chi connectivity index (χ3n) is 2.36. The van der Waals surface area contributed by atoms with Gasteiger partial charge in [-0.1, -0.05) is 23.4 Å². The quantitative estimate of drug-likeness (QED) is 0.775. The summed E-state index contributed by atoms with van der Waals surface area (Å²) in [4.78, 5) is 16.3. The van der Waals surface area contributed by atoms with Crippen LogP contribution in [0.4, 0.5) is 0 Å². The van der Waals surface area contributed by atoms with Gasteiger partial charge < -0.3 is 4.52 Å². The molecule has 0 aliphatic heterocycles. The maximum atomic E-state index is 10.9. The number of aromatic nitrogens is 2. The number of Topliss-reactive ketones (excluding diaryl/α,β-unsaturated/α-hetero) is 1. The van der Waals surface area contributed by atoms with Crippen molar-refractivity contribution in [1.82, 2.24) is 10.1 Å². The summed E-state index contributed by atoms with van der Waals surface area (Å²) in [6.07, 6.45) is 0.210. The van der Waals surface area contributed by atoms with Gasteiger partial charge in [0, 0.05) is 4.90 Å². The van der Waals surface area contributed by atoms with Crippen LogP contribution in [0.25, 0.3) is 0 Å². The van der Waals surface area contributed by atoms with Crippen LogP contribution in [0.3, 0.4) is 0 Å². The zero-order chi connectivity index (χ0) is 13.0. The topological polar surface area (TPSA) is 56.0 Å². The first-order valence-electron chi connectivity index (χ1n) is 5.64. The van der Waals surface area contributed by atoms with E-state index in [4.69, 9.17) is 4.52 Å². The fourth-order valence-corrected chi connectivity index (χ4v) is 2.37. The van der Waals surface area contributed by atoms with Gasteiger partial charge in [0.15, 0.2) is 5.82 Å². The van der Waals surface area contributed by atoms with E-state index in [0.717, 1.165) is 0 Å². The number of hydrogen-bond acceptors (Lipinski definition) is 5. The van der Waals surface area contributed by atoms with Crippen LogP contribution in [-0.2, 0) is 17.0 Å². The van der Waals surface area contributed by atoms with E-state index in [2.05, 4.69) is 29.2 Å². The van der Waals surface area contributed by atoms with Crippen molar-refractivity contribution in [2.24, 2.45) is 0 Å². The van der Waals surface area contributed by atoms with Gasteiger partial charge in [-0.05, 0) is 25.5 Å². The SMILES string of the molecule is CC(=O)Cc1nc(CSc2ccccc2C)no1. The highest BCUT2D eigenvalue weighted by molar-refractivity contribution is 7.98. The maximum Gasteiger partial charge on any atom is 0.234 e. The number of carbonyl (C=O) groups is 1. The van der Waals surface area contributed by atoms with E-state index in [-0.39, 0.29) is 12.2 Å². The number of rotatable bonds is 5. The minimum absolute atomic E-state index is 0.0248. The van der Waals surface area contributed by atoms with Gasteiger partial charge in [-0.25, -0.2) is 0 Å². The summed E-state index contributed by atoms with van der Waals surface area (Å²) in [6.45, 7) is 3.58. The van der Waals surface area contributed by atoms with Crippen molar-refractivity contribution in [3.05, 3.63) is 41.5 Å². The molecule has 0 saturated carbocycles. The minimum Gasteiger partial charge on any atom is -0.339 e. The number of thioether (sulfide) groups is 1. The first kappa shape index (κ1) is 12.8. The maximum absolute atomic E-state index is 10.9. The van der Waals surface area contributed by atoms with Crippen LogP contribution in [0.15, 0.2) is 33.7 Å². The van der Waals surface area contributed by atoms with Gasteiger partial charge >= 0.3 is 0 Å². The summed E-state index contributed by atoms with van der Waals surface area (Å²) in [5.74, 6) is 1.69. The van der Waals surface area contributed by atoms with Crippen molar-refractivity contribution >= 4 is 17.5 Å². The molecule has 5 heteroatoms. The first-order chi connectivity index (χ1) is 8.65. The molecule has 18 heavy (non-hydrogen) atoms. The number of aryl methyl sites for hydroxylation is 1. The molecule has 0 amide bonds. The Morgan fingerprint density at radius 1 is 1.39 bits per heavy atom. The van der Waals surface area contributed by atoms with Crippen molar-refractivity contribution in [1.29, 1.82) is 0 Å². The van der Waals surface area contributed by atoms with Crippen molar-refractivity contribution in [2.75, 3.05) is 0 Å². The molecule has 0 fully saturated rings. The molecule has 0 spiro atoms. The summed E-state index contributed by atoms with van der Waals surface area (Å²) in [5, 5.41) is 3.85. The summed E-state index contributed by atoms with van der Waals surface area (Å²) in [5.41, 5.74) is 1.23. The number of benzene rings is 1. The van der Waals surface area contributed by atoms with Crippen molar-refractivity contribution < 1.29 is 9.32 Å². The molecule has 0 aliphatic rings. The molecule has 0 saturated heterocycles. The summed E-state index contributed by atoms with van der Waals surface area (Å²) in [7, 11) is 0. The zero-order valence-electron chi connectivity index (χ0n) is 10.3. The van der Waals surface area contributed by atoms with Gasteiger partial charge in [-0.15, -0.1) is 11.8 Å². The molecular formula is C13H14N2O2S. The van der Waals surface area contributed by atoms with Crippen molar-refractivity contribution in [3.8, 4) is 0 Å². The molecule has 2 rings (SSSR count). The zero-order valence-corrected chi connectivity index (χ0v) is 11.2. The fourth-order valence-electron chi connectivity index (χ4n) is 1.49. The van der Waals surface area contributed by atoms with Gasteiger partial charge in [-0.3, -0.25) is 4.79 Å². The Bertz CT molecular complexity index is 551. The van der Waals surface area contributed by atoms with Gasteiger partial charge in [0.05, 0.1) is 12.2 Å². The lowest BCUT2D eigenvalue weighted by Gasteiger charge is -2.01. The Labute approximate surface area is 110 Å². The molecule has 0 bridgehead atoms. The van der Waals surface area contributed by atoms with E-state index in [1.54, 1.807) is 11.8 Å². The van der Waals surface area contributed by atoms with E-state index < -0.39 is 0 Å². The summed E-state index contributed by atoms with van der Waals surface area (Å²) in [6, 6.07) is 8.15. The fraction of sp³-hybridized carbons (Fsp3) is 0.308. The third kappa shape index (κ3) is 3.43. The van der Waals surface area contributed by atoms with Crippen LogP contribution in [0.1, 0.15) is 24.2 Å². The minimum atomic E-state index is 0.0248. The van der Waals surface area contributed by atoms with Gasteiger partial charge in [0.1, 0.15) is 5.78 Å². The first-order valence-corrected chi connectivity index (χ1v) is 6.63. The predicted molar refractivity (Wildman–Crippen MR) is 69.4 cm³/mol. The van der Waals surface area contributed by atoms with E-state index in [0.29, 0.717) is 17.5 Å². The normalized spacial score (nSPS) is 10.6. The second kappa shape index (κ2) is 5.82. The molecule has 4 nitrogen and oxygen atoms in total. The molecule has 0 aliphatic carbocycles. The molecule has 0 radical (unpaired) electrons. The lowest BCUT2D eigenvalue weighted by Crippen LogP contribution is -1.96. The lowest BCUT2D eigenvalue weighted by molar-refractivity contribution is -0.116. The molecule has 0 unspecified atom stereocenters. The van der Waals surface area contributed by atoms with Gasteiger partial charge in [-0.2, -0.15) is 4.98 Å². The second-order valence-electron chi connectivity index (χ2n) is 4.04. The van der Waals surface area contributed by atoms with E-state index in [9.17, 15) is 4.79 Å². The Balaban J connectivity index is 1.96. The summed E-state index contributed by atoms with van der Waals surface area (Å²) >= 11 is 1.66. The number of nitrogens with zero attached hydrogens (tertiary/aromatic N) is 2. The smallest absolute Gasteiger partial charge is 0.234 e. The largest absolute Gasteiger partial charge is 0.339 e. The van der Waals surface area contributed by atoms with E-state index >= 15 is 0 Å². The molecule has 0 atom stereocenters. The van der Waals surface area contributed by atoms with Crippen LogP contribution in [0.5, 0.6) is 0 Å². The molecule has 1 aromatic carbocycles. The average Bonchev–Trinajstić information content (AvgIpc) is 2.75. The number of hydrogen-bond donors (Lipinski definition) is 0. The average molecular weight is 262 g/mol. The highest BCUT2D eigenvalue weighted by atomic mass is 32.2. The molecular weight excluding hydrogens is 248 g/mol. The van der Waals surface area contributed by atoms with Crippen molar-refractivity contribution in [3.63, 3.8) is 0 Å². The Hall–Kier alpha value is -1.62. The molecule has 1 aromatic heterocycles. The number of carbonyl (C=O) groups excluding carboxylic acids is 1. The van der Waals surface area contributed by atoms with Crippen molar-refractivity contribution in [2.45, 2.75) is 30.9 Å². The standard InChI is InChI=1S/C13H14N2O2S/c1-9-5-3-4-6-11(9)18-8-12-14-13(17-15-12)7-10(2)16/h3-6H,7-8H2,1-2H3. The van der Waals surface area contributed by atoms with E-state index in [1.807, 2.05) is 12.1 Å². The highest BCUT2D eigenvalue weighted by Gasteiger charge is 2.09. The molecule has 2 aromatic rings. The Morgan fingerprint density at radius 3 is 2.89 bits per heavy atom. The third-order valence-corrected chi connectivity index (χ3v) is 3.53. The van der Waals surface area contributed by atoms with Gasteiger partial charge in [0.25, 0.3) is 0 Å². The highest BCUT2D eigenvalue weighted by Crippen LogP contribution is 2.24. The van der Waals surface area contributed by atoms with E-state index in [1.165, 1.54) is 17.4 Å². The molecule has 0 N–H and O–H groups in total. The number of ketones is 1. The molecule has 94 valence electrons. The lowest BCUT2D eigenvalue weighted by atomic mass is 10.2. The predicted octanol–water partition coefficient (Wildman–Crippen LogP) is 2.80. The molecule has 1 heterocycles.